The van der Waals surface area contributed by atoms with Crippen LogP contribution in [0.15, 0.2) is 12.3 Å². The molecule has 0 aliphatic heterocycles. The zero-order valence-corrected chi connectivity index (χ0v) is 7.90. The molecule has 0 saturated heterocycles. The molecule has 0 atom stereocenters. The van der Waals surface area contributed by atoms with E-state index in [1.54, 1.807) is 12.3 Å². The Labute approximate surface area is 83.0 Å². The predicted molar refractivity (Wildman–Crippen MR) is 53.5 cm³/mol. The summed E-state index contributed by atoms with van der Waals surface area (Å²) in [6, 6.07) is 3.53. The summed E-state index contributed by atoms with van der Waals surface area (Å²) in [5, 5.41) is 11.6. The van der Waals surface area contributed by atoms with Crippen molar-refractivity contribution in [2.24, 2.45) is 5.73 Å². The molecule has 14 heavy (non-hydrogen) atoms. The normalized spacial score (nSPS) is 9.43. The lowest BCUT2D eigenvalue weighted by atomic mass is 10.3. The molecule has 0 saturated carbocycles. The molecule has 0 aliphatic rings. The third-order valence-electron chi connectivity index (χ3n) is 1.68. The Morgan fingerprint density at radius 3 is 3.07 bits per heavy atom. The lowest BCUT2D eigenvalue weighted by molar-refractivity contribution is 0.769. The van der Waals surface area contributed by atoms with Gasteiger partial charge in [0.25, 0.3) is 0 Å². The first-order valence-corrected chi connectivity index (χ1v) is 4.54. The summed E-state index contributed by atoms with van der Waals surface area (Å²) in [7, 11) is 0. The minimum atomic E-state index is 0.376. The number of nitrogens with one attached hydrogen (secondary N) is 1. The van der Waals surface area contributed by atoms with Crippen LogP contribution in [0.2, 0.25) is 0 Å². The molecule has 0 amide bonds. The number of nitrogens with zero attached hydrogens (tertiary/aromatic N) is 3. The van der Waals surface area contributed by atoms with Crippen LogP contribution in [0.3, 0.4) is 0 Å². The molecule has 5 heteroatoms. The summed E-state index contributed by atoms with van der Waals surface area (Å²) >= 11 is 0. The fourth-order valence-electron chi connectivity index (χ4n) is 0.976. The second kappa shape index (κ2) is 5.89. The van der Waals surface area contributed by atoms with Gasteiger partial charge in [-0.25, -0.2) is 9.97 Å². The number of nitriles is 1. The zero-order valence-electron chi connectivity index (χ0n) is 7.90. The monoisotopic (exact) mass is 191 g/mol. The molecule has 0 radical (unpaired) electrons. The van der Waals surface area contributed by atoms with Crippen LogP contribution in [-0.4, -0.2) is 23.1 Å². The number of anilines is 1. The molecule has 0 unspecified atom stereocenters. The molecule has 1 rings (SSSR count). The van der Waals surface area contributed by atoms with Gasteiger partial charge in [-0.2, -0.15) is 5.26 Å². The summed E-state index contributed by atoms with van der Waals surface area (Å²) in [5.41, 5.74) is 5.73. The Kier molecular flexibility index (Phi) is 4.38. The molecule has 5 nitrogen and oxygen atoms in total. The van der Waals surface area contributed by atoms with Gasteiger partial charge in [0.15, 0.2) is 0 Å². The van der Waals surface area contributed by atoms with Crippen molar-refractivity contribution in [1.82, 2.24) is 9.97 Å². The first-order chi connectivity index (χ1) is 6.86. The Bertz CT molecular complexity index is 317. The SMILES string of the molecule is N#Cc1ccnc(NCCCCN)n1. The average molecular weight is 191 g/mol. The van der Waals surface area contributed by atoms with E-state index in [2.05, 4.69) is 15.3 Å². The second-order valence-corrected chi connectivity index (χ2v) is 2.80. The highest BCUT2D eigenvalue weighted by molar-refractivity contribution is 5.29. The van der Waals surface area contributed by atoms with Crippen LogP contribution >= 0.6 is 0 Å². The van der Waals surface area contributed by atoms with E-state index in [1.165, 1.54) is 0 Å². The van der Waals surface area contributed by atoms with Gasteiger partial charge in [-0.1, -0.05) is 0 Å². The van der Waals surface area contributed by atoms with Gasteiger partial charge in [0.2, 0.25) is 5.95 Å². The largest absolute Gasteiger partial charge is 0.354 e. The molecule has 0 fully saturated rings. The van der Waals surface area contributed by atoms with Crippen molar-refractivity contribution < 1.29 is 0 Å². The van der Waals surface area contributed by atoms with Crippen LogP contribution in [0.5, 0.6) is 0 Å². The molecular formula is C9H13N5. The maximum absolute atomic E-state index is 8.59. The molecular weight excluding hydrogens is 178 g/mol. The first kappa shape index (κ1) is 10.4. The lowest BCUT2D eigenvalue weighted by Crippen LogP contribution is -2.08. The summed E-state index contributed by atoms with van der Waals surface area (Å²) in [6.45, 7) is 1.48. The Morgan fingerprint density at radius 1 is 1.50 bits per heavy atom. The number of hydrogen-bond donors (Lipinski definition) is 2. The smallest absolute Gasteiger partial charge is 0.223 e. The predicted octanol–water partition coefficient (Wildman–Crippen LogP) is 0.499. The molecule has 0 aromatic carbocycles. The van der Waals surface area contributed by atoms with Crippen LogP contribution in [0, 0.1) is 11.3 Å². The number of nitrogens with two attached hydrogens (primary N) is 1. The van der Waals surface area contributed by atoms with Crippen molar-refractivity contribution in [2.45, 2.75) is 12.8 Å². The van der Waals surface area contributed by atoms with E-state index in [-0.39, 0.29) is 0 Å². The van der Waals surface area contributed by atoms with Crippen LogP contribution in [-0.2, 0) is 0 Å². The Balaban J connectivity index is 2.39. The molecule has 74 valence electrons. The highest BCUT2D eigenvalue weighted by Gasteiger charge is 1.96. The van der Waals surface area contributed by atoms with E-state index in [4.69, 9.17) is 11.0 Å². The third-order valence-corrected chi connectivity index (χ3v) is 1.68. The maximum Gasteiger partial charge on any atom is 0.223 e. The Hall–Kier alpha value is -1.67. The van der Waals surface area contributed by atoms with Gasteiger partial charge in [0.05, 0.1) is 0 Å². The molecule has 1 aromatic rings. The molecule has 3 N–H and O–H groups in total. The molecule has 0 bridgehead atoms. The standard InChI is InChI=1S/C9H13N5/c10-4-1-2-5-12-9-13-6-3-8(7-11)14-9/h3,6H,1-2,4-5,10H2,(H,12,13,14). The molecule has 1 heterocycles. The summed E-state index contributed by atoms with van der Waals surface area (Å²) < 4.78 is 0. The van der Waals surface area contributed by atoms with Crippen molar-refractivity contribution in [3.05, 3.63) is 18.0 Å². The first-order valence-electron chi connectivity index (χ1n) is 4.54. The topological polar surface area (TPSA) is 87.6 Å². The van der Waals surface area contributed by atoms with Crippen LogP contribution in [0.1, 0.15) is 18.5 Å². The van der Waals surface area contributed by atoms with Crippen molar-refractivity contribution in [3.63, 3.8) is 0 Å². The third kappa shape index (κ3) is 3.37. The summed E-state index contributed by atoms with van der Waals surface area (Å²) in [6.07, 6.45) is 3.53. The highest BCUT2D eigenvalue weighted by Crippen LogP contribution is 1.99. The van der Waals surface area contributed by atoms with Crippen LogP contribution < -0.4 is 11.1 Å². The minimum Gasteiger partial charge on any atom is -0.354 e. The van der Waals surface area contributed by atoms with Gasteiger partial charge in [0.1, 0.15) is 11.8 Å². The fraction of sp³-hybridized carbons (Fsp3) is 0.444. The van der Waals surface area contributed by atoms with Gasteiger partial charge in [-0.05, 0) is 25.5 Å². The highest BCUT2D eigenvalue weighted by atomic mass is 15.1. The van der Waals surface area contributed by atoms with Gasteiger partial charge >= 0.3 is 0 Å². The quantitative estimate of drug-likeness (QED) is 0.662. The van der Waals surface area contributed by atoms with Crippen molar-refractivity contribution in [2.75, 3.05) is 18.4 Å². The van der Waals surface area contributed by atoms with Crippen LogP contribution in [0.25, 0.3) is 0 Å². The molecule has 0 spiro atoms. The van der Waals surface area contributed by atoms with E-state index in [0.29, 0.717) is 18.2 Å². The molecule has 1 aromatic heterocycles. The Morgan fingerprint density at radius 2 is 2.36 bits per heavy atom. The van der Waals surface area contributed by atoms with Gasteiger partial charge in [-0.15, -0.1) is 0 Å². The zero-order chi connectivity index (χ0) is 10.2. The van der Waals surface area contributed by atoms with E-state index in [1.807, 2.05) is 6.07 Å². The number of hydrogen-bond acceptors (Lipinski definition) is 5. The minimum absolute atomic E-state index is 0.376. The molecule has 0 aliphatic carbocycles. The summed E-state index contributed by atoms with van der Waals surface area (Å²) in [4.78, 5) is 7.95. The maximum atomic E-state index is 8.59. The van der Waals surface area contributed by atoms with E-state index in [0.717, 1.165) is 19.4 Å². The van der Waals surface area contributed by atoms with E-state index >= 15 is 0 Å². The lowest BCUT2D eigenvalue weighted by Gasteiger charge is -2.02. The second-order valence-electron chi connectivity index (χ2n) is 2.80. The van der Waals surface area contributed by atoms with E-state index < -0.39 is 0 Å². The van der Waals surface area contributed by atoms with E-state index in [9.17, 15) is 0 Å². The van der Waals surface area contributed by atoms with Crippen molar-refractivity contribution >= 4 is 5.95 Å². The number of aromatic nitrogens is 2. The van der Waals surface area contributed by atoms with Crippen molar-refractivity contribution in [3.8, 4) is 6.07 Å². The van der Waals surface area contributed by atoms with Gasteiger partial charge in [0, 0.05) is 12.7 Å². The summed E-state index contributed by atoms with van der Waals surface area (Å²) in [5.74, 6) is 0.501. The average Bonchev–Trinajstić information content (AvgIpc) is 2.25. The fourth-order valence-corrected chi connectivity index (χ4v) is 0.976. The van der Waals surface area contributed by atoms with Crippen molar-refractivity contribution in [1.29, 1.82) is 5.26 Å². The number of rotatable bonds is 5. The van der Waals surface area contributed by atoms with Gasteiger partial charge in [-0.3, -0.25) is 0 Å². The number of unbranched alkanes of at least 4 members (excludes halogenated alkanes) is 1. The van der Waals surface area contributed by atoms with Gasteiger partial charge < -0.3 is 11.1 Å². The van der Waals surface area contributed by atoms with Crippen LogP contribution in [0.4, 0.5) is 5.95 Å².